The number of pyridine rings is 1. The van der Waals surface area contributed by atoms with Crippen molar-refractivity contribution < 1.29 is 4.79 Å². The fourth-order valence-electron chi connectivity index (χ4n) is 1.68. The highest BCUT2D eigenvalue weighted by Crippen LogP contribution is 2.28. The Balaban J connectivity index is 2.83. The number of fused-ring (bicyclic) bond motifs is 1. The summed E-state index contributed by atoms with van der Waals surface area (Å²) in [6, 6.07) is 7.32. The number of carbonyl (C=O) groups is 1. The summed E-state index contributed by atoms with van der Waals surface area (Å²) in [6.45, 7) is 0. The zero-order chi connectivity index (χ0) is 12.6. The minimum absolute atomic E-state index is 0.139. The SMILES string of the molecule is CN(C)C(=O)c1c(Cl)nc(N)c2ccccc12. The minimum Gasteiger partial charge on any atom is -0.383 e. The van der Waals surface area contributed by atoms with Gasteiger partial charge in [0.15, 0.2) is 0 Å². The summed E-state index contributed by atoms with van der Waals surface area (Å²) in [6.07, 6.45) is 0. The second-order valence-corrected chi connectivity index (χ2v) is 4.27. The Labute approximate surface area is 104 Å². The average molecular weight is 250 g/mol. The van der Waals surface area contributed by atoms with E-state index in [1.54, 1.807) is 14.1 Å². The number of nitrogens with zero attached hydrogens (tertiary/aromatic N) is 2. The van der Waals surface area contributed by atoms with E-state index in [9.17, 15) is 4.79 Å². The summed E-state index contributed by atoms with van der Waals surface area (Å²) in [4.78, 5) is 17.5. The lowest BCUT2D eigenvalue weighted by Gasteiger charge is -2.14. The molecule has 0 aliphatic carbocycles. The van der Waals surface area contributed by atoms with E-state index in [2.05, 4.69) is 4.98 Å². The summed E-state index contributed by atoms with van der Waals surface area (Å²) >= 11 is 6.01. The number of rotatable bonds is 1. The zero-order valence-corrected chi connectivity index (χ0v) is 10.3. The zero-order valence-electron chi connectivity index (χ0n) is 9.57. The Morgan fingerprint density at radius 1 is 1.29 bits per heavy atom. The van der Waals surface area contributed by atoms with Crippen LogP contribution in [0.4, 0.5) is 5.82 Å². The van der Waals surface area contributed by atoms with Gasteiger partial charge in [0.2, 0.25) is 0 Å². The fourth-order valence-corrected chi connectivity index (χ4v) is 1.96. The third-order valence-corrected chi connectivity index (χ3v) is 2.79. The van der Waals surface area contributed by atoms with Crippen molar-refractivity contribution in [1.82, 2.24) is 9.88 Å². The Kier molecular flexibility index (Phi) is 2.90. The lowest BCUT2D eigenvalue weighted by Crippen LogP contribution is -2.22. The van der Waals surface area contributed by atoms with Gasteiger partial charge in [0.05, 0.1) is 5.56 Å². The normalized spacial score (nSPS) is 10.5. The summed E-state index contributed by atoms with van der Waals surface area (Å²) < 4.78 is 0. The van der Waals surface area contributed by atoms with Crippen LogP contribution in [-0.4, -0.2) is 29.9 Å². The number of hydrogen-bond acceptors (Lipinski definition) is 3. The molecule has 1 aromatic heterocycles. The van der Waals surface area contributed by atoms with Crippen LogP contribution in [0, 0.1) is 0 Å². The molecule has 88 valence electrons. The van der Waals surface area contributed by atoms with Crippen molar-refractivity contribution in [2.45, 2.75) is 0 Å². The molecule has 0 atom stereocenters. The molecular formula is C12H12ClN3O. The number of anilines is 1. The van der Waals surface area contributed by atoms with E-state index in [4.69, 9.17) is 17.3 Å². The van der Waals surface area contributed by atoms with Crippen molar-refractivity contribution in [3.8, 4) is 0 Å². The molecule has 1 heterocycles. The summed E-state index contributed by atoms with van der Waals surface area (Å²) in [5.74, 6) is 0.152. The quantitative estimate of drug-likeness (QED) is 0.788. The molecule has 0 radical (unpaired) electrons. The van der Waals surface area contributed by atoms with E-state index in [0.29, 0.717) is 11.4 Å². The number of carbonyl (C=O) groups excluding carboxylic acids is 1. The van der Waals surface area contributed by atoms with Crippen molar-refractivity contribution in [3.63, 3.8) is 0 Å². The summed E-state index contributed by atoms with van der Waals surface area (Å²) in [5, 5.41) is 1.60. The predicted molar refractivity (Wildman–Crippen MR) is 69.2 cm³/mol. The summed E-state index contributed by atoms with van der Waals surface area (Å²) in [7, 11) is 3.34. The van der Waals surface area contributed by atoms with Crippen molar-refractivity contribution in [3.05, 3.63) is 35.0 Å². The molecule has 4 nitrogen and oxygen atoms in total. The van der Waals surface area contributed by atoms with Crippen LogP contribution in [0.1, 0.15) is 10.4 Å². The molecule has 1 amide bonds. The van der Waals surface area contributed by atoms with Gasteiger partial charge in [-0.25, -0.2) is 4.98 Å². The third-order valence-electron chi connectivity index (χ3n) is 2.52. The predicted octanol–water partition coefficient (Wildman–Crippen LogP) is 2.17. The number of nitrogen functional groups attached to an aromatic ring is 1. The number of halogens is 1. The highest BCUT2D eigenvalue weighted by Gasteiger charge is 2.18. The first-order valence-corrected chi connectivity index (χ1v) is 5.45. The number of nitrogens with two attached hydrogens (primary N) is 1. The minimum atomic E-state index is -0.182. The van der Waals surface area contributed by atoms with Crippen LogP contribution in [0.25, 0.3) is 10.8 Å². The van der Waals surface area contributed by atoms with Crippen LogP contribution in [0.15, 0.2) is 24.3 Å². The molecular weight excluding hydrogens is 238 g/mol. The Morgan fingerprint density at radius 3 is 2.47 bits per heavy atom. The molecule has 0 spiro atoms. The van der Waals surface area contributed by atoms with Crippen molar-refractivity contribution in [1.29, 1.82) is 0 Å². The van der Waals surface area contributed by atoms with Crippen LogP contribution >= 0.6 is 11.6 Å². The van der Waals surface area contributed by atoms with Gasteiger partial charge in [-0.3, -0.25) is 4.79 Å². The molecule has 2 aromatic rings. The molecule has 2 rings (SSSR count). The van der Waals surface area contributed by atoms with Crippen molar-refractivity contribution in [2.75, 3.05) is 19.8 Å². The van der Waals surface area contributed by atoms with E-state index in [0.717, 1.165) is 10.8 Å². The maximum Gasteiger partial charge on any atom is 0.257 e. The van der Waals surface area contributed by atoms with Crippen LogP contribution in [0.2, 0.25) is 5.15 Å². The molecule has 0 bridgehead atoms. The average Bonchev–Trinajstić information content (AvgIpc) is 2.28. The van der Waals surface area contributed by atoms with Gasteiger partial charge in [-0.15, -0.1) is 0 Å². The van der Waals surface area contributed by atoms with Gasteiger partial charge in [0.1, 0.15) is 11.0 Å². The Bertz CT molecular complexity index is 596. The molecule has 0 aliphatic heterocycles. The van der Waals surface area contributed by atoms with Gasteiger partial charge in [-0.05, 0) is 0 Å². The number of benzene rings is 1. The first-order valence-electron chi connectivity index (χ1n) is 5.07. The monoisotopic (exact) mass is 249 g/mol. The van der Waals surface area contributed by atoms with Crippen LogP contribution in [0.5, 0.6) is 0 Å². The Morgan fingerprint density at radius 2 is 1.88 bits per heavy atom. The lowest BCUT2D eigenvalue weighted by atomic mass is 10.1. The van der Waals surface area contributed by atoms with E-state index >= 15 is 0 Å². The molecule has 0 fully saturated rings. The molecule has 5 heteroatoms. The maximum absolute atomic E-state index is 12.1. The van der Waals surface area contributed by atoms with E-state index < -0.39 is 0 Å². The highest BCUT2D eigenvalue weighted by atomic mass is 35.5. The first kappa shape index (κ1) is 11.7. The third kappa shape index (κ3) is 1.91. The molecule has 0 aliphatic rings. The second-order valence-electron chi connectivity index (χ2n) is 3.91. The van der Waals surface area contributed by atoms with Crippen LogP contribution in [-0.2, 0) is 0 Å². The second kappa shape index (κ2) is 4.22. The molecule has 17 heavy (non-hydrogen) atoms. The molecule has 0 unspecified atom stereocenters. The molecule has 1 aromatic carbocycles. The first-order chi connectivity index (χ1) is 8.02. The maximum atomic E-state index is 12.1. The molecule has 2 N–H and O–H groups in total. The number of amides is 1. The fraction of sp³-hybridized carbons (Fsp3) is 0.167. The van der Waals surface area contributed by atoms with E-state index in [1.807, 2.05) is 24.3 Å². The van der Waals surface area contributed by atoms with Gasteiger partial charge in [0, 0.05) is 24.9 Å². The van der Waals surface area contributed by atoms with Gasteiger partial charge < -0.3 is 10.6 Å². The molecule has 0 saturated carbocycles. The smallest absolute Gasteiger partial charge is 0.257 e. The van der Waals surface area contributed by atoms with E-state index in [1.165, 1.54) is 4.90 Å². The summed E-state index contributed by atoms with van der Waals surface area (Å²) in [5.41, 5.74) is 6.17. The Hall–Kier alpha value is -1.81. The van der Waals surface area contributed by atoms with Crippen LogP contribution in [0.3, 0.4) is 0 Å². The number of hydrogen-bond donors (Lipinski definition) is 1. The van der Waals surface area contributed by atoms with Gasteiger partial charge in [-0.2, -0.15) is 0 Å². The topological polar surface area (TPSA) is 59.2 Å². The highest BCUT2D eigenvalue weighted by molar-refractivity contribution is 6.34. The van der Waals surface area contributed by atoms with Gasteiger partial charge in [0.25, 0.3) is 5.91 Å². The van der Waals surface area contributed by atoms with Crippen molar-refractivity contribution >= 4 is 34.1 Å². The molecule has 0 saturated heterocycles. The van der Waals surface area contributed by atoms with E-state index in [-0.39, 0.29) is 11.1 Å². The largest absolute Gasteiger partial charge is 0.383 e. The number of aromatic nitrogens is 1. The van der Waals surface area contributed by atoms with Crippen molar-refractivity contribution in [2.24, 2.45) is 0 Å². The standard InChI is InChI=1S/C12H12ClN3O/c1-16(2)12(17)9-7-5-3-4-6-8(7)11(14)15-10(9)13/h3-6H,1-2H3,(H2,14,15). The van der Waals surface area contributed by atoms with Gasteiger partial charge in [-0.1, -0.05) is 35.9 Å². The lowest BCUT2D eigenvalue weighted by molar-refractivity contribution is 0.0829. The van der Waals surface area contributed by atoms with Gasteiger partial charge >= 0.3 is 0 Å². The van der Waals surface area contributed by atoms with Crippen LogP contribution < -0.4 is 5.73 Å².